The first-order valence-corrected chi connectivity index (χ1v) is 11.3. The Morgan fingerprint density at radius 3 is 2.38 bits per heavy atom. The Morgan fingerprint density at radius 1 is 0.966 bits per heavy atom. The molecule has 1 aromatic carbocycles. The first-order chi connectivity index (χ1) is 14.2. The van der Waals surface area contributed by atoms with Crippen molar-refractivity contribution in [2.24, 2.45) is 11.3 Å². The second kappa shape index (κ2) is 9.26. The summed E-state index contributed by atoms with van der Waals surface area (Å²) in [4.78, 5) is 27.7. The zero-order valence-corrected chi connectivity index (χ0v) is 17.3. The average Bonchev–Trinajstić information content (AvgIpc) is 3.01. The molecule has 29 heavy (non-hydrogen) atoms. The van der Waals surface area contributed by atoms with E-state index in [-0.39, 0.29) is 17.2 Å². The first-order valence-electron chi connectivity index (χ1n) is 11.3. The highest BCUT2D eigenvalue weighted by Crippen LogP contribution is 2.44. The van der Waals surface area contributed by atoms with E-state index in [0.29, 0.717) is 12.5 Å². The third-order valence-electron chi connectivity index (χ3n) is 6.98. The lowest BCUT2D eigenvalue weighted by Gasteiger charge is -2.37. The molecule has 3 fully saturated rings. The van der Waals surface area contributed by atoms with Gasteiger partial charge in [0.25, 0.3) is 0 Å². The average molecular weight is 399 g/mol. The van der Waals surface area contributed by atoms with E-state index in [2.05, 4.69) is 20.9 Å². The molecule has 6 nitrogen and oxygen atoms in total. The van der Waals surface area contributed by atoms with Crippen molar-refractivity contribution in [2.75, 3.05) is 43.4 Å². The number of amides is 2. The number of nitrogens with one attached hydrogen (secondary N) is 3. The summed E-state index contributed by atoms with van der Waals surface area (Å²) < 4.78 is 0. The molecule has 6 heteroatoms. The molecule has 0 bridgehead atoms. The van der Waals surface area contributed by atoms with Gasteiger partial charge in [0.15, 0.2) is 0 Å². The summed E-state index contributed by atoms with van der Waals surface area (Å²) in [5.74, 6) is 0.628. The molecular formula is C23H34N4O2. The van der Waals surface area contributed by atoms with Crippen molar-refractivity contribution in [2.45, 2.75) is 51.4 Å². The van der Waals surface area contributed by atoms with Crippen molar-refractivity contribution in [3.63, 3.8) is 0 Å². The van der Waals surface area contributed by atoms with Gasteiger partial charge in [0, 0.05) is 17.9 Å². The number of rotatable bonds is 5. The van der Waals surface area contributed by atoms with Crippen LogP contribution >= 0.6 is 0 Å². The van der Waals surface area contributed by atoms with E-state index in [1.54, 1.807) is 0 Å². The molecule has 2 atom stereocenters. The van der Waals surface area contributed by atoms with Gasteiger partial charge in [-0.05, 0) is 75.5 Å². The van der Waals surface area contributed by atoms with Crippen molar-refractivity contribution in [3.8, 4) is 0 Å². The molecular weight excluding hydrogens is 364 g/mol. The minimum atomic E-state index is -0.252. The monoisotopic (exact) mass is 398 g/mol. The van der Waals surface area contributed by atoms with Crippen molar-refractivity contribution in [3.05, 3.63) is 24.3 Å². The zero-order chi connectivity index (χ0) is 20.1. The van der Waals surface area contributed by atoms with Gasteiger partial charge in [0.2, 0.25) is 11.8 Å². The standard InChI is InChI=1S/C23H34N4O2/c28-21(16-27-13-5-1-2-6-14-27)25-19-8-10-20(11-9-19)26-22(29)23-12-4-3-7-18(23)15-24-17-23/h8-11,18,24H,1-7,12-17H2,(H,25,28)(H,26,29)/t18-,23+/m0/s1. The van der Waals surface area contributed by atoms with Crippen molar-refractivity contribution >= 4 is 23.2 Å². The van der Waals surface area contributed by atoms with Crippen LogP contribution in [0, 0.1) is 11.3 Å². The van der Waals surface area contributed by atoms with Crippen LogP contribution in [0.15, 0.2) is 24.3 Å². The highest BCUT2D eigenvalue weighted by Gasteiger charge is 2.49. The van der Waals surface area contributed by atoms with E-state index in [1.807, 2.05) is 24.3 Å². The molecule has 0 unspecified atom stereocenters. The number of nitrogens with zero attached hydrogens (tertiary/aromatic N) is 1. The minimum Gasteiger partial charge on any atom is -0.326 e. The molecule has 2 heterocycles. The molecule has 0 radical (unpaired) electrons. The molecule has 158 valence electrons. The number of anilines is 2. The maximum absolute atomic E-state index is 13.1. The van der Waals surface area contributed by atoms with E-state index < -0.39 is 0 Å². The fourth-order valence-electron chi connectivity index (χ4n) is 5.28. The lowest BCUT2D eigenvalue weighted by atomic mass is 9.67. The Labute approximate surface area is 173 Å². The van der Waals surface area contributed by atoms with E-state index in [0.717, 1.165) is 56.8 Å². The molecule has 2 amide bonds. The molecule has 1 aliphatic carbocycles. The van der Waals surface area contributed by atoms with Crippen LogP contribution in [0.3, 0.4) is 0 Å². The molecule has 0 aromatic heterocycles. The fourth-order valence-corrected chi connectivity index (χ4v) is 5.28. The van der Waals surface area contributed by atoms with E-state index in [9.17, 15) is 9.59 Å². The number of carbonyl (C=O) groups is 2. The van der Waals surface area contributed by atoms with Gasteiger partial charge in [-0.25, -0.2) is 0 Å². The van der Waals surface area contributed by atoms with Gasteiger partial charge in [-0.15, -0.1) is 0 Å². The van der Waals surface area contributed by atoms with Crippen LogP contribution in [0.4, 0.5) is 11.4 Å². The molecule has 1 aromatic rings. The van der Waals surface area contributed by atoms with Crippen LogP contribution < -0.4 is 16.0 Å². The maximum atomic E-state index is 13.1. The molecule has 2 saturated heterocycles. The van der Waals surface area contributed by atoms with Gasteiger partial charge in [-0.1, -0.05) is 25.7 Å². The largest absolute Gasteiger partial charge is 0.326 e. The van der Waals surface area contributed by atoms with Crippen LogP contribution in [-0.4, -0.2) is 49.4 Å². The first kappa shape index (κ1) is 20.4. The Hall–Kier alpha value is -1.92. The summed E-state index contributed by atoms with van der Waals surface area (Å²) in [6, 6.07) is 7.52. The number of carbonyl (C=O) groups excluding carboxylic acids is 2. The smallest absolute Gasteiger partial charge is 0.238 e. The molecule has 4 rings (SSSR count). The second-order valence-corrected chi connectivity index (χ2v) is 9.00. The number of hydrogen-bond acceptors (Lipinski definition) is 4. The number of hydrogen-bond donors (Lipinski definition) is 3. The van der Waals surface area contributed by atoms with Gasteiger partial charge in [0.1, 0.15) is 0 Å². The number of benzene rings is 1. The van der Waals surface area contributed by atoms with Crippen LogP contribution in [0.2, 0.25) is 0 Å². The predicted molar refractivity (Wildman–Crippen MR) is 116 cm³/mol. The third-order valence-corrected chi connectivity index (χ3v) is 6.98. The lowest BCUT2D eigenvalue weighted by molar-refractivity contribution is -0.128. The maximum Gasteiger partial charge on any atom is 0.238 e. The Morgan fingerprint density at radius 2 is 1.66 bits per heavy atom. The third kappa shape index (κ3) is 4.81. The van der Waals surface area contributed by atoms with Gasteiger partial charge < -0.3 is 16.0 Å². The van der Waals surface area contributed by atoms with Crippen molar-refractivity contribution in [1.29, 1.82) is 0 Å². The fraction of sp³-hybridized carbons (Fsp3) is 0.652. The summed E-state index contributed by atoms with van der Waals surface area (Å²) in [6.07, 6.45) is 9.37. The summed E-state index contributed by atoms with van der Waals surface area (Å²) >= 11 is 0. The summed E-state index contributed by atoms with van der Waals surface area (Å²) in [5, 5.41) is 9.54. The van der Waals surface area contributed by atoms with Gasteiger partial charge in [-0.3, -0.25) is 14.5 Å². The van der Waals surface area contributed by atoms with Crippen molar-refractivity contribution < 1.29 is 9.59 Å². The Kier molecular flexibility index (Phi) is 6.50. The van der Waals surface area contributed by atoms with Crippen LogP contribution in [-0.2, 0) is 9.59 Å². The van der Waals surface area contributed by atoms with E-state index >= 15 is 0 Å². The van der Waals surface area contributed by atoms with Gasteiger partial charge in [-0.2, -0.15) is 0 Å². The van der Waals surface area contributed by atoms with Crippen molar-refractivity contribution in [1.82, 2.24) is 10.2 Å². The highest BCUT2D eigenvalue weighted by atomic mass is 16.2. The summed E-state index contributed by atoms with van der Waals surface area (Å²) in [7, 11) is 0. The minimum absolute atomic E-state index is 0.0321. The topological polar surface area (TPSA) is 73.5 Å². The Bertz CT molecular complexity index is 712. The normalized spacial score (nSPS) is 27.7. The SMILES string of the molecule is O=C(CN1CCCCCC1)Nc1ccc(NC(=O)[C@@]23CCCC[C@H]2CNC3)cc1. The van der Waals surface area contributed by atoms with Crippen LogP contribution in [0.25, 0.3) is 0 Å². The number of likely N-dealkylation sites (tertiary alicyclic amines) is 1. The van der Waals surface area contributed by atoms with Gasteiger partial charge >= 0.3 is 0 Å². The molecule has 3 aliphatic rings. The van der Waals surface area contributed by atoms with E-state index in [1.165, 1.54) is 32.1 Å². The molecule has 0 spiro atoms. The van der Waals surface area contributed by atoms with E-state index in [4.69, 9.17) is 0 Å². The predicted octanol–water partition coefficient (Wildman–Crippen LogP) is 3.22. The summed E-state index contributed by atoms with van der Waals surface area (Å²) in [5.41, 5.74) is 1.32. The van der Waals surface area contributed by atoms with Crippen LogP contribution in [0.1, 0.15) is 51.4 Å². The lowest BCUT2D eigenvalue weighted by Crippen LogP contribution is -2.44. The van der Waals surface area contributed by atoms with Crippen LogP contribution in [0.5, 0.6) is 0 Å². The second-order valence-electron chi connectivity index (χ2n) is 9.00. The van der Waals surface area contributed by atoms with Gasteiger partial charge in [0.05, 0.1) is 12.0 Å². The number of fused-ring (bicyclic) bond motifs is 1. The Balaban J connectivity index is 1.31. The quantitative estimate of drug-likeness (QED) is 0.712. The molecule has 3 N–H and O–H groups in total. The summed E-state index contributed by atoms with van der Waals surface area (Å²) in [6.45, 7) is 4.21. The highest BCUT2D eigenvalue weighted by molar-refractivity contribution is 5.97. The molecule has 2 aliphatic heterocycles. The zero-order valence-electron chi connectivity index (χ0n) is 17.3. The molecule has 1 saturated carbocycles.